The normalized spacial score (nSPS) is 58.6. The van der Waals surface area contributed by atoms with Crippen LogP contribution in [-0.2, 0) is 9.53 Å². The molecule has 0 radical (unpaired) electrons. The van der Waals surface area contributed by atoms with E-state index in [2.05, 4.69) is 6.92 Å². The topological polar surface area (TPSA) is 26.3 Å². The quantitative estimate of drug-likeness (QED) is 0.487. The molecule has 3 aliphatic rings. The number of hydrogen-bond donors (Lipinski definition) is 0. The standard InChI is InChI=1S/C9H12O2/c1-4-5-2-6-7(3-5)11-9(10)8(4)6/h4-8H,2-3H2,1H3/t4-,5?,6?,7?,8?/m0/s1. The summed E-state index contributed by atoms with van der Waals surface area (Å²) in [6.45, 7) is 2.21. The minimum Gasteiger partial charge on any atom is -0.462 e. The molecule has 0 aromatic rings. The van der Waals surface area contributed by atoms with E-state index in [4.69, 9.17) is 4.74 Å². The summed E-state index contributed by atoms with van der Waals surface area (Å²) in [5.74, 6) is 2.36. The van der Waals surface area contributed by atoms with Crippen LogP contribution in [0, 0.1) is 23.7 Å². The largest absolute Gasteiger partial charge is 0.462 e. The van der Waals surface area contributed by atoms with Crippen LogP contribution in [0.4, 0.5) is 0 Å². The van der Waals surface area contributed by atoms with Crippen LogP contribution in [-0.4, -0.2) is 12.1 Å². The molecule has 3 fully saturated rings. The fourth-order valence-electron chi connectivity index (χ4n) is 3.31. The van der Waals surface area contributed by atoms with E-state index in [0.29, 0.717) is 17.9 Å². The molecular formula is C9H12O2. The predicted molar refractivity (Wildman–Crippen MR) is 38.7 cm³/mol. The Bertz CT molecular complexity index is 222. The summed E-state index contributed by atoms with van der Waals surface area (Å²) in [5.41, 5.74) is 0. The lowest BCUT2D eigenvalue weighted by molar-refractivity contribution is -0.143. The van der Waals surface area contributed by atoms with E-state index in [1.807, 2.05) is 0 Å². The van der Waals surface area contributed by atoms with Gasteiger partial charge in [-0.3, -0.25) is 4.79 Å². The Kier molecular flexibility index (Phi) is 0.890. The van der Waals surface area contributed by atoms with Crippen molar-refractivity contribution in [3.63, 3.8) is 0 Å². The molecule has 3 rings (SSSR count). The average molecular weight is 152 g/mol. The second kappa shape index (κ2) is 1.62. The molecule has 1 heterocycles. The molecule has 2 saturated carbocycles. The Morgan fingerprint density at radius 1 is 1.45 bits per heavy atom. The van der Waals surface area contributed by atoms with Crippen molar-refractivity contribution < 1.29 is 9.53 Å². The zero-order valence-corrected chi connectivity index (χ0v) is 6.62. The molecule has 0 aromatic heterocycles. The van der Waals surface area contributed by atoms with Crippen molar-refractivity contribution in [2.75, 3.05) is 0 Å². The van der Waals surface area contributed by atoms with Gasteiger partial charge in [-0.15, -0.1) is 0 Å². The Morgan fingerprint density at radius 3 is 2.91 bits per heavy atom. The number of fused-ring (bicyclic) bond motifs is 1. The van der Waals surface area contributed by atoms with Crippen molar-refractivity contribution in [3.05, 3.63) is 0 Å². The molecule has 2 nitrogen and oxygen atoms in total. The first-order valence-corrected chi connectivity index (χ1v) is 4.48. The molecule has 0 amide bonds. The predicted octanol–water partition coefficient (Wildman–Crippen LogP) is 1.20. The van der Waals surface area contributed by atoms with Gasteiger partial charge in [0, 0.05) is 5.92 Å². The fourth-order valence-corrected chi connectivity index (χ4v) is 3.31. The molecule has 0 N–H and O–H groups in total. The van der Waals surface area contributed by atoms with Crippen LogP contribution in [0.3, 0.4) is 0 Å². The van der Waals surface area contributed by atoms with Gasteiger partial charge in [0.05, 0.1) is 5.92 Å². The Balaban J connectivity index is 2.05. The first-order valence-electron chi connectivity index (χ1n) is 4.48. The van der Waals surface area contributed by atoms with Crippen LogP contribution >= 0.6 is 0 Å². The molecule has 1 saturated heterocycles. The second-order valence-corrected chi connectivity index (χ2v) is 4.26. The molecule has 2 bridgehead atoms. The van der Waals surface area contributed by atoms with Crippen molar-refractivity contribution >= 4 is 5.97 Å². The highest BCUT2D eigenvalue weighted by Gasteiger charge is 2.60. The number of carbonyl (C=O) groups excluding carboxylic acids is 1. The molecule has 11 heavy (non-hydrogen) atoms. The monoisotopic (exact) mass is 152 g/mol. The summed E-state index contributed by atoms with van der Waals surface area (Å²) < 4.78 is 5.27. The highest BCUT2D eigenvalue weighted by atomic mass is 16.6. The molecule has 0 spiro atoms. The lowest BCUT2D eigenvalue weighted by atomic mass is 9.81. The van der Waals surface area contributed by atoms with Gasteiger partial charge in [0.1, 0.15) is 6.10 Å². The van der Waals surface area contributed by atoms with E-state index < -0.39 is 0 Å². The van der Waals surface area contributed by atoms with E-state index in [-0.39, 0.29) is 11.9 Å². The van der Waals surface area contributed by atoms with Crippen LogP contribution in [0.25, 0.3) is 0 Å². The third kappa shape index (κ3) is 0.534. The van der Waals surface area contributed by atoms with Crippen LogP contribution in [0.2, 0.25) is 0 Å². The molecule has 5 atom stereocenters. The summed E-state index contributed by atoms with van der Waals surface area (Å²) in [6.07, 6.45) is 2.71. The van der Waals surface area contributed by atoms with E-state index in [9.17, 15) is 4.79 Å². The Hall–Kier alpha value is -0.530. The summed E-state index contributed by atoms with van der Waals surface area (Å²) in [6, 6.07) is 0. The Morgan fingerprint density at radius 2 is 2.27 bits per heavy atom. The minimum atomic E-state index is 0.0903. The van der Waals surface area contributed by atoms with Crippen molar-refractivity contribution in [1.29, 1.82) is 0 Å². The number of esters is 1. The molecule has 2 heteroatoms. The molecule has 1 aliphatic heterocycles. The third-order valence-electron chi connectivity index (χ3n) is 3.90. The van der Waals surface area contributed by atoms with Gasteiger partial charge >= 0.3 is 5.97 Å². The highest BCUT2D eigenvalue weighted by molar-refractivity contribution is 5.76. The van der Waals surface area contributed by atoms with Gasteiger partial charge in [0.25, 0.3) is 0 Å². The highest BCUT2D eigenvalue weighted by Crippen LogP contribution is 2.57. The molecule has 2 aliphatic carbocycles. The van der Waals surface area contributed by atoms with Gasteiger partial charge < -0.3 is 4.74 Å². The smallest absolute Gasteiger partial charge is 0.309 e. The van der Waals surface area contributed by atoms with Crippen molar-refractivity contribution in [1.82, 2.24) is 0 Å². The first-order chi connectivity index (χ1) is 5.27. The number of ether oxygens (including phenoxy) is 1. The van der Waals surface area contributed by atoms with Crippen LogP contribution < -0.4 is 0 Å². The van der Waals surface area contributed by atoms with Crippen LogP contribution in [0.5, 0.6) is 0 Å². The van der Waals surface area contributed by atoms with Gasteiger partial charge in [0.2, 0.25) is 0 Å². The first kappa shape index (κ1) is 6.04. The Labute approximate surface area is 65.9 Å². The van der Waals surface area contributed by atoms with Crippen molar-refractivity contribution in [2.24, 2.45) is 23.7 Å². The fraction of sp³-hybridized carbons (Fsp3) is 0.889. The van der Waals surface area contributed by atoms with E-state index in [1.165, 1.54) is 6.42 Å². The SMILES string of the molecule is C[C@H]1C2CC3OC(=O)C1C3C2. The molecule has 0 aromatic carbocycles. The molecule has 4 unspecified atom stereocenters. The second-order valence-electron chi connectivity index (χ2n) is 4.26. The maximum Gasteiger partial charge on any atom is 0.309 e. The lowest BCUT2D eigenvalue weighted by Crippen LogP contribution is -2.23. The van der Waals surface area contributed by atoms with Crippen molar-refractivity contribution in [2.45, 2.75) is 25.9 Å². The summed E-state index contributed by atoms with van der Waals surface area (Å²) in [7, 11) is 0. The molecular weight excluding hydrogens is 140 g/mol. The maximum atomic E-state index is 11.3. The zero-order chi connectivity index (χ0) is 7.59. The van der Waals surface area contributed by atoms with E-state index in [1.54, 1.807) is 0 Å². The summed E-state index contributed by atoms with van der Waals surface area (Å²) in [4.78, 5) is 11.3. The number of hydrogen-bond acceptors (Lipinski definition) is 2. The molecule has 60 valence electrons. The third-order valence-corrected chi connectivity index (χ3v) is 3.90. The van der Waals surface area contributed by atoms with E-state index >= 15 is 0 Å². The van der Waals surface area contributed by atoms with Gasteiger partial charge in [-0.05, 0) is 24.7 Å². The number of rotatable bonds is 0. The van der Waals surface area contributed by atoms with Gasteiger partial charge in [-0.1, -0.05) is 6.92 Å². The maximum absolute atomic E-state index is 11.3. The van der Waals surface area contributed by atoms with Crippen LogP contribution in [0.1, 0.15) is 19.8 Å². The van der Waals surface area contributed by atoms with Crippen molar-refractivity contribution in [3.8, 4) is 0 Å². The summed E-state index contributed by atoms with van der Waals surface area (Å²) >= 11 is 0. The summed E-state index contributed by atoms with van der Waals surface area (Å²) in [5, 5.41) is 0. The number of carbonyl (C=O) groups is 1. The lowest BCUT2D eigenvalue weighted by Gasteiger charge is -2.19. The van der Waals surface area contributed by atoms with Gasteiger partial charge in [0.15, 0.2) is 0 Å². The minimum absolute atomic E-state index is 0.0903. The average Bonchev–Trinajstić information content (AvgIpc) is 2.47. The van der Waals surface area contributed by atoms with Gasteiger partial charge in [-0.25, -0.2) is 0 Å². The van der Waals surface area contributed by atoms with E-state index in [0.717, 1.165) is 12.3 Å². The van der Waals surface area contributed by atoms with Gasteiger partial charge in [-0.2, -0.15) is 0 Å². The van der Waals surface area contributed by atoms with Crippen LogP contribution in [0.15, 0.2) is 0 Å². The zero-order valence-electron chi connectivity index (χ0n) is 6.62.